The third-order valence-electron chi connectivity index (χ3n) is 16.3. The van der Waals surface area contributed by atoms with Crippen LogP contribution in [0.1, 0.15) is 22.3 Å². The van der Waals surface area contributed by atoms with Crippen LogP contribution in [0.15, 0.2) is 282 Å². The predicted octanol–water partition coefficient (Wildman–Crippen LogP) is 20.0. The molecule has 0 bridgehead atoms. The van der Waals surface area contributed by atoms with Crippen LogP contribution in [0.4, 0.5) is 17.1 Å². The van der Waals surface area contributed by atoms with Crippen molar-refractivity contribution in [2.75, 3.05) is 4.90 Å². The number of hydrogen-bond acceptors (Lipinski definition) is 3. The molecule has 3 heteroatoms. The Bertz CT molecular complexity index is 4570. The Hall–Kier alpha value is -9.96. The smallest absolute Gasteiger partial charge is 0.136 e. The molecule has 0 amide bonds. The van der Waals surface area contributed by atoms with Crippen LogP contribution in [-0.4, -0.2) is 0 Å². The van der Waals surface area contributed by atoms with Gasteiger partial charge in [0.1, 0.15) is 22.3 Å². The highest BCUT2D eigenvalue weighted by atomic mass is 16.3. The predicted molar refractivity (Wildman–Crippen MR) is 314 cm³/mol. The Labute approximate surface area is 439 Å². The molecule has 0 atom stereocenters. The van der Waals surface area contributed by atoms with Gasteiger partial charge in [-0.2, -0.15) is 0 Å². The Kier molecular flexibility index (Phi) is 9.25. The second kappa shape index (κ2) is 16.5. The number of rotatable bonds is 7. The first-order chi connectivity index (χ1) is 37.7. The van der Waals surface area contributed by atoms with Crippen LogP contribution in [0.3, 0.4) is 0 Å². The van der Waals surface area contributed by atoms with Gasteiger partial charge >= 0.3 is 0 Å². The Balaban J connectivity index is 0.937. The minimum absolute atomic E-state index is 0.490. The molecule has 0 saturated carbocycles. The molecule has 1 spiro atoms. The van der Waals surface area contributed by atoms with E-state index in [0.29, 0.717) is 0 Å². The van der Waals surface area contributed by atoms with Gasteiger partial charge in [0, 0.05) is 49.6 Å². The van der Waals surface area contributed by atoms with Crippen LogP contribution in [0.2, 0.25) is 0 Å². The van der Waals surface area contributed by atoms with Crippen LogP contribution in [-0.2, 0) is 5.41 Å². The molecule has 354 valence electrons. The van der Waals surface area contributed by atoms with Crippen LogP contribution >= 0.6 is 0 Å². The third-order valence-corrected chi connectivity index (χ3v) is 16.3. The lowest BCUT2D eigenvalue weighted by Gasteiger charge is -2.32. The van der Waals surface area contributed by atoms with Gasteiger partial charge in [0.15, 0.2) is 0 Å². The molecule has 3 nitrogen and oxygen atoms in total. The van der Waals surface area contributed by atoms with Crippen molar-refractivity contribution < 1.29 is 8.83 Å². The highest BCUT2D eigenvalue weighted by molar-refractivity contribution is 6.20. The first-order valence-electron chi connectivity index (χ1n) is 26.2. The molecule has 0 N–H and O–H groups in total. The van der Waals surface area contributed by atoms with Gasteiger partial charge in [-0.15, -0.1) is 0 Å². The molecule has 2 aliphatic rings. The maximum atomic E-state index is 6.69. The molecule has 16 rings (SSSR count). The number of para-hydroxylation sites is 3. The Morgan fingerprint density at radius 3 is 1.22 bits per heavy atom. The normalized spacial score (nSPS) is 12.8. The summed E-state index contributed by atoms with van der Waals surface area (Å²) in [4.78, 5) is 2.47. The number of benzene rings is 12. The van der Waals surface area contributed by atoms with Gasteiger partial charge in [0.25, 0.3) is 0 Å². The molecule has 0 fully saturated rings. The van der Waals surface area contributed by atoms with Crippen LogP contribution in [0, 0.1) is 0 Å². The van der Waals surface area contributed by atoms with Crippen molar-refractivity contribution in [3.05, 3.63) is 295 Å². The lowest BCUT2D eigenvalue weighted by atomic mass is 9.70. The summed E-state index contributed by atoms with van der Waals surface area (Å²) >= 11 is 0. The second-order valence-corrected chi connectivity index (χ2v) is 20.2. The molecule has 76 heavy (non-hydrogen) atoms. The van der Waals surface area contributed by atoms with E-state index in [2.05, 4.69) is 272 Å². The quantitative estimate of drug-likeness (QED) is 0.159. The molecule has 2 aliphatic carbocycles. The van der Waals surface area contributed by atoms with E-state index >= 15 is 0 Å². The summed E-state index contributed by atoms with van der Waals surface area (Å²) in [5.74, 6) is 0. The van der Waals surface area contributed by atoms with Crippen molar-refractivity contribution in [3.8, 4) is 66.8 Å². The number of anilines is 3. The lowest BCUT2D eigenvalue weighted by Crippen LogP contribution is -2.26. The molecule has 0 unspecified atom stereocenters. The van der Waals surface area contributed by atoms with Crippen molar-refractivity contribution in [2.45, 2.75) is 5.41 Å². The third kappa shape index (κ3) is 6.05. The molecular weight excluding hydrogens is 923 g/mol. The molecule has 12 aromatic carbocycles. The minimum atomic E-state index is -0.490. The number of fused-ring (bicyclic) bond motifs is 16. The van der Waals surface area contributed by atoms with E-state index in [4.69, 9.17) is 8.83 Å². The van der Waals surface area contributed by atoms with E-state index in [1.165, 1.54) is 44.5 Å². The fourth-order valence-corrected chi connectivity index (χ4v) is 13.2. The van der Waals surface area contributed by atoms with Gasteiger partial charge in [0.2, 0.25) is 0 Å². The summed E-state index contributed by atoms with van der Waals surface area (Å²) < 4.78 is 13.2. The lowest BCUT2D eigenvalue weighted by molar-refractivity contribution is 0.668. The number of hydrogen-bond donors (Lipinski definition) is 0. The second-order valence-electron chi connectivity index (χ2n) is 20.2. The van der Waals surface area contributed by atoms with Gasteiger partial charge in [-0.25, -0.2) is 0 Å². The van der Waals surface area contributed by atoms with Crippen LogP contribution < -0.4 is 4.90 Å². The zero-order valence-electron chi connectivity index (χ0n) is 41.2. The fraction of sp³-hybridized carbons (Fsp3) is 0.0137. The van der Waals surface area contributed by atoms with Crippen molar-refractivity contribution in [3.63, 3.8) is 0 Å². The average molecular weight is 968 g/mol. The summed E-state index contributed by atoms with van der Waals surface area (Å²) in [6.07, 6.45) is 0. The molecule has 0 saturated heterocycles. The highest BCUT2D eigenvalue weighted by Crippen LogP contribution is 2.63. The zero-order valence-corrected chi connectivity index (χ0v) is 41.2. The molecule has 0 radical (unpaired) electrons. The maximum Gasteiger partial charge on any atom is 0.136 e. The van der Waals surface area contributed by atoms with Gasteiger partial charge < -0.3 is 13.7 Å². The van der Waals surface area contributed by atoms with Gasteiger partial charge in [-0.05, 0) is 139 Å². The molecule has 0 aliphatic heterocycles. The first-order valence-corrected chi connectivity index (χ1v) is 26.2. The first kappa shape index (κ1) is 42.5. The van der Waals surface area contributed by atoms with E-state index in [1.54, 1.807) is 0 Å². The topological polar surface area (TPSA) is 29.5 Å². The van der Waals surface area contributed by atoms with E-state index in [1.807, 2.05) is 6.07 Å². The standard InChI is InChI=1S/C73H45NO2/c1-3-19-46(20-4-1)51-23-10-16-32-64(51)74(50-39-40-55-54-26-9-15-31-62(54)73(63(55)45-50)60-29-13-7-24-52(60)53-25-8-14-30-61(53)73)49-37-35-48(36-38-49)70-57(42-44-68-72(70)59-28-12-18-34-66(59)76-68)56-41-43-67-71(58-27-11-17-33-65(58)75-67)69(56)47-21-5-2-6-22-47/h1-45H. The van der Waals surface area contributed by atoms with Gasteiger partial charge in [-0.1, -0.05) is 206 Å². The van der Waals surface area contributed by atoms with E-state index < -0.39 is 5.41 Å². The SMILES string of the molecule is c1ccc(-c2ccccc2N(c2ccc(-c3c(-c4ccc5oc6ccccc6c5c4-c4ccccc4)ccc4oc5ccccc5c34)cc2)c2ccc3c(c2)C2(c4ccccc4-c4ccccc42)c2ccccc2-3)cc1. The van der Waals surface area contributed by atoms with Gasteiger partial charge in [-0.3, -0.25) is 0 Å². The van der Waals surface area contributed by atoms with Gasteiger partial charge in [0.05, 0.1) is 11.1 Å². The average Bonchev–Trinajstić information content (AvgIpc) is 4.43. The van der Waals surface area contributed by atoms with Crippen molar-refractivity contribution >= 4 is 60.9 Å². The van der Waals surface area contributed by atoms with Crippen molar-refractivity contribution in [1.82, 2.24) is 0 Å². The van der Waals surface area contributed by atoms with E-state index in [-0.39, 0.29) is 0 Å². The largest absolute Gasteiger partial charge is 0.456 e. The summed E-state index contributed by atoms with van der Waals surface area (Å²) in [6.45, 7) is 0. The molecule has 14 aromatic rings. The minimum Gasteiger partial charge on any atom is -0.456 e. The summed E-state index contributed by atoms with van der Waals surface area (Å²) in [5.41, 5.74) is 25.6. The maximum absolute atomic E-state index is 6.69. The van der Waals surface area contributed by atoms with E-state index in [9.17, 15) is 0 Å². The zero-order chi connectivity index (χ0) is 49.9. The number of nitrogens with zero attached hydrogens (tertiary/aromatic N) is 1. The molecule has 2 aromatic heterocycles. The van der Waals surface area contributed by atoms with Crippen molar-refractivity contribution in [1.29, 1.82) is 0 Å². The molecular formula is C73H45NO2. The monoisotopic (exact) mass is 967 g/mol. The molecule has 2 heterocycles. The Morgan fingerprint density at radius 2 is 0.671 bits per heavy atom. The van der Waals surface area contributed by atoms with E-state index in [0.717, 1.165) is 105 Å². The highest BCUT2D eigenvalue weighted by Gasteiger charge is 2.51. The van der Waals surface area contributed by atoms with Crippen molar-refractivity contribution in [2.24, 2.45) is 0 Å². The Morgan fingerprint density at radius 1 is 0.263 bits per heavy atom. The fourth-order valence-electron chi connectivity index (χ4n) is 13.2. The summed E-state index contributed by atoms with van der Waals surface area (Å²) in [7, 11) is 0. The summed E-state index contributed by atoms with van der Waals surface area (Å²) in [5, 5.41) is 4.37. The summed E-state index contributed by atoms with van der Waals surface area (Å²) in [6, 6.07) is 99.6. The van der Waals surface area contributed by atoms with Crippen LogP contribution in [0.5, 0.6) is 0 Å². The van der Waals surface area contributed by atoms with Crippen LogP contribution in [0.25, 0.3) is 111 Å². The number of furan rings is 2.